The number of imide groups is 1. The van der Waals surface area contributed by atoms with Gasteiger partial charge in [-0.3, -0.25) is 15.0 Å². The molecule has 0 saturated carbocycles. The molecule has 2 aromatic rings. The largest absolute Gasteiger partial charge is 0.451 e. The molecule has 0 bridgehead atoms. The van der Waals surface area contributed by atoms with E-state index in [9.17, 15) is 22.8 Å². The summed E-state index contributed by atoms with van der Waals surface area (Å²) in [5, 5.41) is 0.732. The smallest absolute Gasteiger partial charge is 0.271 e. The Morgan fingerprint density at radius 3 is 2.57 bits per heavy atom. The number of nitrogens with one attached hydrogen (secondary N) is 1. The van der Waals surface area contributed by atoms with Gasteiger partial charge in [0.1, 0.15) is 0 Å². The Balaban J connectivity index is 2.10. The van der Waals surface area contributed by atoms with Gasteiger partial charge < -0.3 is 0 Å². The van der Waals surface area contributed by atoms with Crippen LogP contribution in [0.15, 0.2) is 30.0 Å². The van der Waals surface area contributed by atoms with Crippen molar-refractivity contribution in [3.63, 3.8) is 0 Å². The van der Waals surface area contributed by atoms with E-state index < -0.39 is 23.8 Å². The first-order valence-corrected chi connectivity index (χ1v) is 6.30. The van der Waals surface area contributed by atoms with Crippen molar-refractivity contribution < 1.29 is 22.8 Å². The van der Waals surface area contributed by atoms with E-state index >= 15 is 0 Å². The number of alkyl halides is 3. The summed E-state index contributed by atoms with van der Waals surface area (Å²) in [7, 11) is 0. The predicted molar refractivity (Wildman–Crippen MR) is 71.6 cm³/mol. The number of hydrogen-bond donors (Lipinski definition) is 1. The Labute approximate surface area is 126 Å². The second kappa shape index (κ2) is 5.00. The van der Waals surface area contributed by atoms with Crippen LogP contribution < -0.4 is 5.43 Å². The molecule has 0 saturated heterocycles. The van der Waals surface area contributed by atoms with Crippen molar-refractivity contribution in [1.82, 2.24) is 20.0 Å². The second-order valence-electron chi connectivity index (χ2n) is 4.69. The summed E-state index contributed by atoms with van der Waals surface area (Å²) in [6.07, 6.45) is -2.45. The van der Waals surface area contributed by atoms with Crippen molar-refractivity contribution in [3.05, 3.63) is 35.8 Å². The minimum atomic E-state index is -4.80. The lowest BCUT2D eigenvalue weighted by Crippen LogP contribution is -2.37. The summed E-state index contributed by atoms with van der Waals surface area (Å²) in [5.74, 6) is -3.12. The standard InChI is InChI=1S/C13H8F3N5O2/c1-6-5-8(22)21(11(6)23)20-10-7-3-2-4-17-9(7)18-12(19-10)13(14,15)16/h2-5H,1H3,(H,17,18,19,20). The van der Waals surface area contributed by atoms with Gasteiger partial charge in [-0.2, -0.15) is 18.2 Å². The maximum absolute atomic E-state index is 12.9. The molecule has 7 nitrogen and oxygen atoms in total. The highest BCUT2D eigenvalue weighted by Crippen LogP contribution is 2.30. The summed E-state index contributed by atoms with van der Waals surface area (Å²) in [6, 6.07) is 2.90. The van der Waals surface area contributed by atoms with Crippen LogP contribution in [0.1, 0.15) is 12.7 Å². The fourth-order valence-electron chi connectivity index (χ4n) is 1.97. The monoisotopic (exact) mass is 323 g/mol. The first kappa shape index (κ1) is 14.9. The van der Waals surface area contributed by atoms with Gasteiger partial charge in [0.25, 0.3) is 11.8 Å². The summed E-state index contributed by atoms with van der Waals surface area (Å²) < 4.78 is 38.7. The molecule has 118 valence electrons. The molecule has 2 aromatic heterocycles. The Hall–Kier alpha value is -3.04. The quantitative estimate of drug-likeness (QED) is 0.846. The Kier molecular flexibility index (Phi) is 3.24. The molecular formula is C13H8F3N5O2. The second-order valence-corrected chi connectivity index (χ2v) is 4.69. The number of halogens is 3. The van der Waals surface area contributed by atoms with E-state index in [0.717, 1.165) is 6.08 Å². The lowest BCUT2D eigenvalue weighted by Gasteiger charge is -2.18. The van der Waals surface area contributed by atoms with E-state index in [1.165, 1.54) is 25.3 Å². The third-order valence-electron chi connectivity index (χ3n) is 3.04. The van der Waals surface area contributed by atoms with Crippen molar-refractivity contribution in [2.45, 2.75) is 13.1 Å². The van der Waals surface area contributed by atoms with Gasteiger partial charge in [0.15, 0.2) is 11.5 Å². The van der Waals surface area contributed by atoms with Gasteiger partial charge in [0, 0.05) is 17.8 Å². The number of amides is 2. The maximum Gasteiger partial charge on any atom is 0.451 e. The summed E-state index contributed by atoms with van der Waals surface area (Å²) in [4.78, 5) is 34.0. The van der Waals surface area contributed by atoms with Gasteiger partial charge in [-0.25, -0.2) is 15.0 Å². The molecule has 1 N–H and O–H groups in total. The molecule has 0 aliphatic carbocycles. The number of rotatable bonds is 2. The van der Waals surface area contributed by atoms with Crippen LogP contribution in [0.2, 0.25) is 0 Å². The Morgan fingerprint density at radius 2 is 1.96 bits per heavy atom. The van der Waals surface area contributed by atoms with E-state index in [-0.39, 0.29) is 22.4 Å². The Morgan fingerprint density at radius 1 is 1.22 bits per heavy atom. The lowest BCUT2D eigenvalue weighted by molar-refractivity contribution is -0.144. The average Bonchev–Trinajstić information content (AvgIpc) is 2.72. The third kappa shape index (κ3) is 2.58. The lowest BCUT2D eigenvalue weighted by atomic mass is 10.3. The summed E-state index contributed by atoms with van der Waals surface area (Å²) >= 11 is 0. The molecule has 0 aromatic carbocycles. The van der Waals surface area contributed by atoms with Crippen LogP contribution in [0.3, 0.4) is 0 Å². The number of fused-ring (bicyclic) bond motifs is 1. The molecule has 0 spiro atoms. The van der Waals surface area contributed by atoms with E-state index in [4.69, 9.17) is 0 Å². The number of hydrogen-bond acceptors (Lipinski definition) is 6. The SMILES string of the molecule is CC1=CC(=O)N(Nc2nc(C(F)(F)F)nc3ncccc23)C1=O. The van der Waals surface area contributed by atoms with Crippen molar-refractivity contribution in [2.24, 2.45) is 0 Å². The maximum atomic E-state index is 12.9. The number of carbonyl (C=O) groups is 2. The minimum absolute atomic E-state index is 0.144. The van der Waals surface area contributed by atoms with E-state index in [2.05, 4.69) is 20.4 Å². The van der Waals surface area contributed by atoms with E-state index in [0.29, 0.717) is 5.01 Å². The van der Waals surface area contributed by atoms with Crippen LogP contribution in [-0.4, -0.2) is 31.8 Å². The normalized spacial score (nSPS) is 15.3. The molecule has 3 heterocycles. The minimum Gasteiger partial charge on any atom is -0.271 e. The molecule has 0 radical (unpaired) electrons. The zero-order chi connectivity index (χ0) is 16.8. The zero-order valence-corrected chi connectivity index (χ0v) is 11.5. The molecule has 0 atom stereocenters. The molecule has 2 amide bonds. The van der Waals surface area contributed by atoms with Crippen LogP contribution >= 0.6 is 0 Å². The van der Waals surface area contributed by atoms with Gasteiger partial charge in [-0.1, -0.05) is 0 Å². The molecule has 0 unspecified atom stereocenters. The van der Waals surface area contributed by atoms with Crippen LogP contribution in [0.4, 0.5) is 19.0 Å². The first-order valence-electron chi connectivity index (χ1n) is 6.30. The topological polar surface area (TPSA) is 88.1 Å². The van der Waals surface area contributed by atoms with Crippen LogP contribution in [0, 0.1) is 0 Å². The van der Waals surface area contributed by atoms with Gasteiger partial charge in [-0.15, -0.1) is 0 Å². The fourth-order valence-corrected chi connectivity index (χ4v) is 1.97. The number of anilines is 1. The zero-order valence-electron chi connectivity index (χ0n) is 11.5. The van der Waals surface area contributed by atoms with Crippen LogP contribution in [0.5, 0.6) is 0 Å². The van der Waals surface area contributed by atoms with Crippen molar-refractivity contribution in [2.75, 3.05) is 5.43 Å². The predicted octanol–water partition coefficient (Wildman–Crippen LogP) is 1.69. The highest BCUT2D eigenvalue weighted by Gasteiger charge is 2.36. The fraction of sp³-hybridized carbons (Fsp3) is 0.154. The van der Waals surface area contributed by atoms with Crippen LogP contribution in [0.25, 0.3) is 11.0 Å². The number of nitrogens with zero attached hydrogens (tertiary/aromatic N) is 4. The highest BCUT2D eigenvalue weighted by atomic mass is 19.4. The van der Waals surface area contributed by atoms with Crippen molar-refractivity contribution in [1.29, 1.82) is 0 Å². The van der Waals surface area contributed by atoms with Gasteiger partial charge in [-0.05, 0) is 19.1 Å². The number of pyridine rings is 1. The molecule has 1 aliphatic heterocycles. The molecule has 0 fully saturated rings. The van der Waals surface area contributed by atoms with Gasteiger partial charge >= 0.3 is 6.18 Å². The molecule has 23 heavy (non-hydrogen) atoms. The number of hydrazine groups is 1. The molecule has 3 rings (SSSR count). The molecule has 1 aliphatic rings. The number of aromatic nitrogens is 3. The van der Waals surface area contributed by atoms with Crippen molar-refractivity contribution in [3.8, 4) is 0 Å². The summed E-state index contributed by atoms with van der Waals surface area (Å²) in [6.45, 7) is 1.42. The molecular weight excluding hydrogens is 315 g/mol. The van der Waals surface area contributed by atoms with E-state index in [1.54, 1.807) is 0 Å². The van der Waals surface area contributed by atoms with E-state index in [1.807, 2.05) is 0 Å². The summed E-state index contributed by atoms with van der Waals surface area (Å²) in [5.41, 5.74) is 2.27. The van der Waals surface area contributed by atoms with Crippen molar-refractivity contribution >= 4 is 28.7 Å². The average molecular weight is 323 g/mol. The van der Waals surface area contributed by atoms with Gasteiger partial charge in [0.05, 0.1) is 5.39 Å². The third-order valence-corrected chi connectivity index (χ3v) is 3.04. The number of carbonyl (C=O) groups excluding carboxylic acids is 2. The van der Waals surface area contributed by atoms with Crippen LogP contribution in [-0.2, 0) is 15.8 Å². The van der Waals surface area contributed by atoms with Gasteiger partial charge in [0.2, 0.25) is 5.82 Å². The Bertz CT molecular complexity index is 862. The molecule has 10 heteroatoms. The highest BCUT2D eigenvalue weighted by molar-refractivity contribution is 6.16. The first-order chi connectivity index (χ1) is 10.8.